The van der Waals surface area contributed by atoms with Crippen LogP contribution < -0.4 is 11.3 Å². The second-order valence-corrected chi connectivity index (χ2v) is 17.9. The van der Waals surface area contributed by atoms with Gasteiger partial charge < -0.3 is 8.83 Å². The quantitative estimate of drug-likeness (QED) is 0.117. The Morgan fingerprint density at radius 2 is 0.875 bits per heavy atom. The van der Waals surface area contributed by atoms with Crippen LogP contribution in [0.1, 0.15) is 41.9 Å². The van der Waals surface area contributed by atoms with Crippen molar-refractivity contribution in [3.05, 3.63) is 243 Å². The van der Waals surface area contributed by atoms with Crippen molar-refractivity contribution in [2.24, 2.45) is 0 Å². The summed E-state index contributed by atoms with van der Waals surface area (Å²) in [6.45, 7) is -4.94. The van der Waals surface area contributed by atoms with Crippen LogP contribution in [0.4, 0.5) is 0 Å². The van der Waals surface area contributed by atoms with Gasteiger partial charge in [-0.15, -0.1) is 0 Å². The molecule has 12 aromatic rings. The number of aromatic nitrogens is 5. The standard InChI is InChI=1S/C63H45N5O4/c1-38-25-58-55(36-64-38)60-52(62(69)71-58)30-42(33-67-60)19-17-40-27-41(18-20-43-31-53-61(68-34-43)56-37-65-39(2)26-59(56)72-63(53)70)29-48(28-40)49-15-9-10-16-50(49)54-35-66-57(47-13-7-4-8-14-47)32-51(54)46-23-21-45(22-24-46)44-11-5-3-6-12-44/h3-16,21-37H,17-20H2,1-2H3/i1D3,2D3. The molecule has 0 aliphatic heterocycles. The molecule has 5 aromatic carbocycles. The zero-order chi connectivity index (χ0) is 53.7. The second-order valence-electron chi connectivity index (χ2n) is 17.9. The van der Waals surface area contributed by atoms with E-state index in [0.29, 0.717) is 47.5 Å². The number of nitrogens with zero attached hydrogens (tertiary/aromatic N) is 5. The SMILES string of the molecule is [2H]C([2H])([2H])c1cc2oc(=O)c3cc(CCc4cc(CCc5cnc6c(c5)c(=O)oc5cc(C([2H])([2H])[2H])ncc56)cc(-c5ccccc5-c5cnc(-c6ccccc6)cc5-c5ccc(-c6ccccc6)cc5)c4)cnc3c2cn1. The molecule has 9 nitrogen and oxygen atoms in total. The van der Waals surface area contributed by atoms with Crippen LogP contribution in [0, 0.1) is 13.7 Å². The molecule has 0 saturated heterocycles. The lowest BCUT2D eigenvalue weighted by molar-refractivity contribution is 0.568. The molecule has 346 valence electrons. The number of benzene rings is 5. The Balaban J connectivity index is 0.929. The third kappa shape index (κ3) is 8.62. The van der Waals surface area contributed by atoms with Crippen molar-refractivity contribution in [1.29, 1.82) is 0 Å². The van der Waals surface area contributed by atoms with Gasteiger partial charge in [0.15, 0.2) is 0 Å². The van der Waals surface area contributed by atoms with Gasteiger partial charge in [-0.2, -0.15) is 0 Å². The van der Waals surface area contributed by atoms with Gasteiger partial charge in [-0.25, -0.2) is 9.59 Å². The molecule has 0 aliphatic carbocycles. The predicted octanol–water partition coefficient (Wildman–Crippen LogP) is 13.7. The highest BCUT2D eigenvalue weighted by Gasteiger charge is 2.18. The largest absolute Gasteiger partial charge is 0.422 e. The van der Waals surface area contributed by atoms with E-state index in [4.69, 9.17) is 32.0 Å². The van der Waals surface area contributed by atoms with Crippen molar-refractivity contribution in [3.8, 4) is 55.8 Å². The first-order valence-corrected chi connectivity index (χ1v) is 23.6. The topological polar surface area (TPSA) is 125 Å². The highest BCUT2D eigenvalue weighted by molar-refractivity contribution is 6.02. The van der Waals surface area contributed by atoms with E-state index in [1.165, 1.54) is 24.5 Å². The molecule has 0 fully saturated rings. The first kappa shape index (κ1) is 37.7. The molecule has 9 heteroatoms. The normalized spacial score (nSPS) is 13.1. The number of fused-ring (bicyclic) bond motifs is 6. The lowest BCUT2D eigenvalue weighted by atomic mass is 9.87. The summed E-state index contributed by atoms with van der Waals surface area (Å²) in [7, 11) is 0. The summed E-state index contributed by atoms with van der Waals surface area (Å²) in [6, 6.07) is 52.3. The van der Waals surface area contributed by atoms with Gasteiger partial charge in [0.1, 0.15) is 11.2 Å². The Morgan fingerprint density at radius 3 is 1.44 bits per heavy atom. The Morgan fingerprint density at radius 1 is 0.375 bits per heavy atom. The summed E-state index contributed by atoms with van der Waals surface area (Å²) in [6.07, 6.45) is 10.4. The van der Waals surface area contributed by atoms with Gasteiger partial charge in [0, 0.05) is 73.9 Å². The van der Waals surface area contributed by atoms with Crippen LogP contribution in [0.3, 0.4) is 0 Å². The fraction of sp³-hybridized carbons (Fsp3) is 0.0952. The van der Waals surface area contributed by atoms with Gasteiger partial charge in [0.2, 0.25) is 0 Å². The van der Waals surface area contributed by atoms with Gasteiger partial charge in [-0.1, -0.05) is 127 Å². The lowest BCUT2D eigenvalue weighted by Crippen LogP contribution is -2.04. The van der Waals surface area contributed by atoms with Crippen molar-refractivity contribution >= 4 is 43.7 Å². The second kappa shape index (κ2) is 18.6. The molecule has 0 bridgehead atoms. The van der Waals surface area contributed by atoms with Crippen molar-refractivity contribution < 1.29 is 17.1 Å². The van der Waals surface area contributed by atoms with E-state index in [1.807, 2.05) is 54.7 Å². The molecule has 0 unspecified atom stereocenters. The first-order chi connectivity index (χ1) is 37.7. The Bertz CT molecular complexity index is 4240. The average Bonchev–Trinajstić information content (AvgIpc) is 3.49. The predicted molar refractivity (Wildman–Crippen MR) is 287 cm³/mol. The fourth-order valence-corrected chi connectivity index (χ4v) is 9.64. The summed E-state index contributed by atoms with van der Waals surface area (Å²) in [4.78, 5) is 49.6. The summed E-state index contributed by atoms with van der Waals surface area (Å²) >= 11 is 0. The Hall–Kier alpha value is -9.21. The van der Waals surface area contributed by atoms with E-state index in [0.717, 1.165) is 78.0 Å². The molecule has 7 heterocycles. The highest BCUT2D eigenvalue weighted by atomic mass is 16.4. The number of aryl methyl sites for hydroxylation is 6. The van der Waals surface area contributed by atoms with Gasteiger partial charge in [0.05, 0.1) is 38.3 Å². The molecular weight excluding hydrogens is 891 g/mol. The molecule has 0 aliphatic rings. The lowest BCUT2D eigenvalue weighted by Gasteiger charge is -2.18. The van der Waals surface area contributed by atoms with E-state index < -0.39 is 25.0 Å². The number of hydrogen-bond acceptors (Lipinski definition) is 9. The third-order valence-corrected chi connectivity index (χ3v) is 13.2. The van der Waals surface area contributed by atoms with Gasteiger partial charge in [-0.05, 0) is 119 Å². The van der Waals surface area contributed by atoms with Crippen LogP contribution in [0.25, 0.3) is 99.5 Å². The van der Waals surface area contributed by atoms with E-state index in [1.54, 1.807) is 24.5 Å². The van der Waals surface area contributed by atoms with E-state index >= 15 is 0 Å². The van der Waals surface area contributed by atoms with Gasteiger partial charge >= 0.3 is 11.3 Å². The molecule has 0 radical (unpaired) electrons. The molecule has 0 N–H and O–H groups in total. The minimum Gasteiger partial charge on any atom is -0.422 e. The zero-order valence-electron chi connectivity index (χ0n) is 44.6. The monoisotopic (exact) mass is 941 g/mol. The highest BCUT2D eigenvalue weighted by Crippen LogP contribution is 2.41. The molecule has 7 aromatic heterocycles. The van der Waals surface area contributed by atoms with Crippen molar-refractivity contribution in [2.45, 2.75) is 39.4 Å². The van der Waals surface area contributed by atoms with Crippen LogP contribution in [-0.2, 0) is 25.7 Å². The summed E-state index contributed by atoms with van der Waals surface area (Å²) in [5.74, 6) is 0. The maximum absolute atomic E-state index is 13.4. The number of rotatable bonds is 11. The zero-order valence-corrected chi connectivity index (χ0v) is 38.6. The molecule has 12 rings (SSSR count). The summed E-state index contributed by atoms with van der Waals surface area (Å²) in [5, 5.41) is 1.42. The summed E-state index contributed by atoms with van der Waals surface area (Å²) < 4.78 is 57.9. The van der Waals surface area contributed by atoms with Crippen molar-refractivity contribution in [3.63, 3.8) is 0 Å². The molecule has 0 atom stereocenters. The van der Waals surface area contributed by atoms with Crippen LogP contribution in [0.2, 0.25) is 0 Å². The van der Waals surface area contributed by atoms with Gasteiger partial charge in [0.25, 0.3) is 0 Å². The van der Waals surface area contributed by atoms with Crippen molar-refractivity contribution in [2.75, 3.05) is 0 Å². The van der Waals surface area contributed by atoms with Crippen LogP contribution in [0.5, 0.6) is 0 Å². The Labute approximate surface area is 422 Å². The van der Waals surface area contributed by atoms with E-state index in [9.17, 15) is 9.59 Å². The van der Waals surface area contributed by atoms with E-state index in [-0.39, 0.29) is 33.3 Å². The Kier molecular flexibility index (Phi) is 9.73. The van der Waals surface area contributed by atoms with Crippen LogP contribution >= 0.6 is 0 Å². The summed E-state index contributed by atoms with van der Waals surface area (Å²) in [5.41, 5.74) is 13.1. The maximum atomic E-state index is 13.4. The maximum Gasteiger partial charge on any atom is 0.345 e. The molecular formula is C63H45N5O4. The average molecular weight is 942 g/mol. The van der Waals surface area contributed by atoms with E-state index in [2.05, 4.69) is 94.9 Å². The minimum atomic E-state index is -2.47. The smallest absolute Gasteiger partial charge is 0.345 e. The van der Waals surface area contributed by atoms with Crippen LogP contribution in [-0.4, -0.2) is 24.9 Å². The minimum absolute atomic E-state index is 0.106. The number of hydrogen-bond donors (Lipinski definition) is 0. The number of pyridine rings is 5. The third-order valence-electron chi connectivity index (χ3n) is 13.2. The van der Waals surface area contributed by atoms with Gasteiger partial charge in [-0.3, -0.25) is 24.9 Å². The molecule has 72 heavy (non-hydrogen) atoms. The fourth-order valence-electron chi connectivity index (χ4n) is 9.64. The molecule has 0 amide bonds. The van der Waals surface area contributed by atoms with Crippen molar-refractivity contribution in [1.82, 2.24) is 24.9 Å². The van der Waals surface area contributed by atoms with Crippen LogP contribution in [0.15, 0.2) is 207 Å². The molecule has 0 saturated carbocycles. The molecule has 0 spiro atoms. The first-order valence-electron chi connectivity index (χ1n) is 26.6.